The molecule has 0 radical (unpaired) electrons. The highest BCUT2D eigenvalue weighted by Crippen LogP contribution is 2.13. The molecule has 0 spiro atoms. The fourth-order valence-corrected chi connectivity index (χ4v) is 1.16. The van der Waals surface area contributed by atoms with Crippen molar-refractivity contribution in [3.63, 3.8) is 0 Å². The monoisotopic (exact) mass is 184 g/mol. The van der Waals surface area contributed by atoms with Crippen LogP contribution in [0.25, 0.3) is 0 Å². The predicted molar refractivity (Wildman–Crippen MR) is 30.5 cm³/mol. The Morgan fingerprint density at radius 3 is 2.64 bits per heavy atom. The molecule has 1 rings (SSSR count). The van der Waals surface area contributed by atoms with Gasteiger partial charge in [-0.3, -0.25) is 4.79 Å². The van der Waals surface area contributed by atoms with Crippen molar-refractivity contribution >= 4 is 16.5 Å². The first kappa shape index (κ1) is 8.41. The predicted octanol–water partition coefficient (Wildman–Crippen LogP) is -0.467. The lowest BCUT2D eigenvalue weighted by molar-refractivity contribution is -0.137. The molecule has 0 bridgehead atoms. The van der Waals surface area contributed by atoms with Gasteiger partial charge in [0.15, 0.2) is 0 Å². The Bertz CT molecular complexity index is 258. The third-order valence-electron chi connectivity index (χ3n) is 1.08. The first-order valence-electron chi connectivity index (χ1n) is 2.76. The van der Waals surface area contributed by atoms with Crippen molar-refractivity contribution in [1.29, 1.82) is 0 Å². The van der Waals surface area contributed by atoms with Gasteiger partial charge in [0.2, 0.25) is 0 Å². The zero-order valence-electron chi connectivity index (χ0n) is 5.32. The summed E-state index contributed by atoms with van der Waals surface area (Å²) < 4.78 is 39.6. The van der Waals surface area contributed by atoms with E-state index in [0.29, 0.717) is 0 Å². The van der Waals surface area contributed by atoms with Crippen molar-refractivity contribution < 1.29 is 26.0 Å². The van der Waals surface area contributed by atoms with E-state index >= 15 is 0 Å². The highest BCUT2D eigenvalue weighted by atomic mass is 32.3. The van der Waals surface area contributed by atoms with Crippen LogP contribution in [-0.4, -0.2) is 27.1 Å². The molecule has 1 fully saturated rings. The molecule has 5 nitrogen and oxygen atoms in total. The van der Waals surface area contributed by atoms with Crippen LogP contribution >= 0.6 is 0 Å². The molecule has 1 heterocycles. The Morgan fingerprint density at radius 1 is 1.64 bits per heavy atom. The summed E-state index contributed by atoms with van der Waals surface area (Å²) in [6.07, 6.45) is -1.22. The number of carbonyl (C=O) groups is 1. The maximum atomic E-state index is 11.8. The van der Waals surface area contributed by atoms with Gasteiger partial charge < -0.3 is 4.74 Å². The van der Waals surface area contributed by atoms with Crippen molar-refractivity contribution in [3.8, 4) is 0 Å². The largest absolute Gasteiger partial charge is 0.463 e. The van der Waals surface area contributed by atoms with Gasteiger partial charge in [-0.15, -0.1) is 0 Å². The van der Waals surface area contributed by atoms with Gasteiger partial charge in [-0.25, -0.2) is 4.18 Å². The van der Waals surface area contributed by atoms with E-state index in [4.69, 9.17) is 0 Å². The Balaban J connectivity index is 2.47. The third kappa shape index (κ3) is 2.81. The van der Waals surface area contributed by atoms with Crippen LogP contribution in [0.1, 0.15) is 6.42 Å². The fourth-order valence-electron chi connectivity index (χ4n) is 0.714. The molecule has 11 heavy (non-hydrogen) atoms. The van der Waals surface area contributed by atoms with E-state index < -0.39 is 22.6 Å². The lowest BCUT2D eigenvalue weighted by atomic mass is 10.3. The molecule has 0 N–H and O–H groups in total. The standard InChI is InChI=1S/C4H5FO5S/c5-11(7,8)10-3-1-4(6)9-2-3/h3H,1-2H2. The minimum Gasteiger partial charge on any atom is -0.463 e. The van der Waals surface area contributed by atoms with Crippen molar-refractivity contribution in [3.05, 3.63) is 0 Å². The van der Waals surface area contributed by atoms with Crippen molar-refractivity contribution in [2.24, 2.45) is 0 Å². The van der Waals surface area contributed by atoms with E-state index in [1.807, 2.05) is 0 Å². The topological polar surface area (TPSA) is 69.7 Å². The molecule has 0 aliphatic carbocycles. The van der Waals surface area contributed by atoms with Crippen LogP contribution in [0.5, 0.6) is 0 Å². The summed E-state index contributed by atoms with van der Waals surface area (Å²) in [5.74, 6) is -0.585. The number of hydrogen-bond donors (Lipinski definition) is 0. The fraction of sp³-hybridized carbons (Fsp3) is 0.750. The van der Waals surface area contributed by atoms with Crippen LogP contribution in [0.2, 0.25) is 0 Å². The quantitative estimate of drug-likeness (QED) is 0.428. The van der Waals surface area contributed by atoms with Crippen LogP contribution in [0, 0.1) is 0 Å². The first-order valence-corrected chi connectivity index (χ1v) is 4.07. The maximum Gasteiger partial charge on any atom is 0.437 e. The second-order valence-corrected chi connectivity index (χ2v) is 2.98. The van der Waals surface area contributed by atoms with Gasteiger partial charge in [-0.1, -0.05) is 3.89 Å². The van der Waals surface area contributed by atoms with E-state index in [0.717, 1.165) is 0 Å². The molecule has 1 unspecified atom stereocenters. The number of hydrogen-bond acceptors (Lipinski definition) is 5. The third-order valence-corrected chi connectivity index (χ3v) is 1.58. The number of halogens is 1. The number of esters is 1. The Labute approximate surface area is 62.5 Å². The van der Waals surface area contributed by atoms with E-state index in [1.165, 1.54) is 0 Å². The van der Waals surface area contributed by atoms with Gasteiger partial charge in [0.25, 0.3) is 0 Å². The molecule has 0 aromatic heterocycles. The molecule has 7 heteroatoms. The average molecular weight is 184 g/mol. The summed E-state index contributed by atoms with van der Waals surface area (Å²) in [5, 5.41) is 0. The van der Waals surface area contributed by atoms with E-state index in [2.05, 4.69) is 8.92 Å². The summed E-state index contributed by atoms with van der Waals surface area (Å²) in [5.41, 5.74) is 0. The van der Waals surface area contributed by atoms with Gasteiger partial charge in [-0.2, -0.15) is 8.42 Å². The van der Waals surface area contributed by atoms with E-state index in [1.54, 1.807) is 0 Å². The number of ether oxygens (including phenoxy) is 1. The Kier molecular flexibility index (Phi) is 2.10. The van der Waals surface area contributed by atoms with Crippen LogP contribution < -0.4 is 0 Å². The summed E-state index contributed by atoms with van der Waals surface area (Å²) in [4.78, 5) is 10.3. The minimum absolute atomic E-state index is 0.206. The summed E-state index contributed by atoms with van der Waals surface area (Å²) >= 11 is 0. The van der Waals surface area contributed by atoms with Gasteiger partial charge >= 0.3 is 16.5 Å². The molecule has 0 saturated carbocycles. The summed E-state index contributed by atoms with van der Waals surface area (Å²) in [7, 11) is -4.96. The maximum absolute atomic E-state index is 11.8. The van der Waals surface area contributed by atoms with Crippen molar-refractivity contribution in [2.75, 3.05) is 6.61 Å². The molecule has 64 valence electrons. The van der Waals surface area contributed by atoms with Crippen LogP contribution in [-0.2, 0) is 24.2 Å². The van der Waals surface area contributed by atoms with Crippen molar-refractivity contribution in [2.45, 2.75) is 12.5 Å². The van der Waals surface area contributed by atoms with E-state index in [-0.39, 0.29) is 13.0 Å². The second-order valence-electron chi connectivity index (χ2n) is 2.00. The highest BCUT2D eigenvalue weighted by molar-refractivity contribution is 7.81. The zero-order valence-corrected chi connectivity index (χ0v) is 6.14. The van der Waals surface area contributed by atoms with Crippen LogP contribution in [0.4, 0.5) is 3.89 Å². The van der Waals surface area contributed by atoms with Gasteiger partial charge in [0, 0.05) is 0 Å². The zero-order chi connectivity index (χ0) is 8.48. The number of carbonyl (C=O) groups excluding carboxylic acids is 1. The normalized spacial score (nSPS) is 25.2. The lowest BCUT2D eigenvalue weighted by Gasteiger charge is -2.00. The molecule has 1 aliphatic rings. The van der Waals surface area contributed by atoms with E-state index in [9.17, 15) is 17.1 Å². The number of cyclic esters (lactones) is 1. The molecule has 1 atom stereocenters. The lowest BCUT2D eigenvalue weighted by Crippen LogP contribution is -2.15. The van der Waals surface area contributed by atoms with Gasteiger partial charge in [0.05, 0.1) is 6.42 Å². The molecule has 0 aromatic carbocycles. The first-order chi connectivity index (χ1) is 4.97. The number of rotatable bonds is 2. The summed E-state index contributed by atoms with van der Waals surface area (Å²) in [6, 6.07) is 0. The van der Waals surface area contributed by atoms with Gasteiger partial charge in [-0.05, 0) is 0 Å². The van der Waals surface area contributed by atoms with Crippen molar-refractivity contribution in [1.82, 2.24) is 0 Å². The highest BCUT2D eigenvalue weighted by Gasteiger charge is 2.29. The molecule has 0 aromatic rings. The molecule has 1 aliphatic heterocycles. The Morgan fingerprint density at radius 2 is 2.27 bits per heavy atom. The SMILES string of the molecule is O=C1CC(OS(=O)(=O)F)CO1. The average Bonchev–Trinajstić information content (AvgIpc) is 2.10. The molecule has 1 saturated heterocycles. The smallest absolute Gasteiger partial charge is 0.437 e. The molecule has 0 amide bonds. The Hall–Kier alpha value is -0.690. The van der Waals surface area contributed by atoms with Gasteiger partial charge in [0.1, 0.15) is 12.7 Å². The second kappa shape index (κ2) is 2.74. The molecular weight excluding hydrogens is 179 g/mol. The summed E-state index contributed by atoms with van der Waals surface area (Å²) in [6.45, 7) is -0.206. The van der Waals surface area contributed by atoms with Crippen LogP contribution in [0.15, 0.2) is 0 Å². The minimum atomic E-state index is -4.96. The van der Waals surface area contributed by atoms with Crippen LogP contribution in [0.3, 0.4) is 0 Å². The molecular formula is C4H5FO5S.